The van der Waals surface area contributed by atoms with Gasteiger partial charge in [0.25, 0.3) is 0 Å². The first kappa shape index (κ1) is 22.6. The van der Waals surface area contributed by atoms with Gasteiger partial charge < -0.3 is 19.1 Å². The summed E-state index contributed by atoms with van der Waals surface area (Å²) in [5.74, 6) is 1.68. The number of nitrogens with zero attached hydrogens (tertiary/aromatic N) is 8. The van der Waals surface area contributed by atoms with Gasteiger partial charge in [0.1, 0.15) is 12.4 Å². The first-order chi connectivity index (χ1) is 17.6. The zero-order valence-electron chi connectivity index (χ0n) is 20.5. The fraction of sp³-hybridized carbons (Fsp3) is 0.346. The second-order valence-corrected chi connectivity index (χ2v) is 9.24. The van der Waals surface area contributed by atoms with Gasteiger partial charge in [-0.25, -0.2) is 0 Å². The van der Waals surface area contributed by atoms with E-state index in [0.717, 1.165) is 61.3 Å². The Morgan fingerprint density at radius 3 is 2.56 bits per heavy atom. The third-order valence-electron chi connectivity index (χ3n) is 6.59. The fourth-order valence-electron chi connectivity index (χ4n) is 4.53. The molecular weight excluding hydrogens is 456 g/mol. The largest absolute Gasteiger partial charge is 0.470 e. The summed E-state index contributed by atoms with van der Waals surface area (Å²) in [6.45, 7) is 7.63. The van der Waals surface area contributed by atoms with Crippen LogP contribution in [0.4, 0.5) is 0 Å². The first-order valence-corrected chi connectivity index (χ1v) is 12.2. The molecule has 0 radical (unpaired) electrons. The number of rotatable bonds is 7. The van der Waals surface area contributed by atoms with E-state index in [1.54, 1.807) is 4.52 Å². The van der Waals surface area contributed by atoms with Gasteiger partial charge in [0.15, 0.2) is 11.3 Å². The van der Waals surface area contributed by atoms with E-state index in [2.05, 4.69) is 38.3 Å². The van der Waals surface area contributed by atoms with E-state index in [-0.39, 0.29) is 0 Å². The van der Waals surface area contributed by atoms with Crippen molar-refractivity contribution in [1.29, 1.82) is 0 Å². The van der Waals surface area contributed by atoms with Crippen molar-refractivity contribution in [1.82, 2.24) is 39.8 Å². The van der Waals surface area contributed by atoms with Crippen LogP contribution in [-0.2, 0) is 13.0 Å². The smallest absolute Gasteiger partial charge is 0.240 e. The third-order valence-corrected chi connectivity index (χ3v) is 6.59. The van der Waals surface area contributed by atoms with Crippen LogP contribution in [0.2, 0.25) is 0 Å². The Hall–Kier alpha value is -3.89. The molecule has 0 aliphatic carbocycles. The van der Waals surface area contributed by atoms with E-state index in [9.17, 15) is 0 Å². The number of hydrogen-bond donors (Lipinski definition) is 0. The summed E-state index contributed by atoms with van der Waals surface area (Å²) in [5, 5.41) is 19.3. The first-order valence-electron chi connectivity index (χ1n) is 12.2. The minimum atomic E-state index is 0.311. The molecule has 10 heteroatoms. The van der Waals surface area contributed by atoms with Gasteiger partial charge in [0.05, 0.1) is 5.69 Å². The van der Waals surface area contributed by atoms with Crippen LogP contribution in [0.25, 0.3) is 27.9 Å². The van der Waals surface area contributed by atoms with Crippen molar-refractivity contribution < 1.29 is 9.26 Å². The van der Waals surface area contributed by atoms with E-state index in [0.29, 0.717) is 35.4 Å². The second-order valence-electron chi connectivity index (χ2n) is 9.24. The van der Waals surface area contributed by atoms with Gasteiger partial charge in [-0.1, -0.05) is 29.4 Å². The van der Waals surface area contributed by atoms with Gasteiger partial charge in [-0.15, -0.1) is 15.3 Å². The van der Waals surface area contributed by atoms with Gasteiger partial charge in [0.2, 0.25) is 11.7 Å². The van der Waals surface area contributed by atoms with Crippen LogP contribution in [-0.4, -0.2) is 79.5 Å². The quantitative estimate of drug-likeness (QED) is 0.345. The highest BCUT2D eigenvalue weighted by Crippen LogP contribution is 2.29. The zero-order chi connectivity index (χ0) is 24.5. The second kappa shape index (κ2) is 9.63. The molecule has 1 fully saturated rings. The van der Waals surface area contributed by atoms with E-state index >= 15 is 0 Å². The molecule has 36 heavy (non-hydrogen) atoms. The molecule has 0 unspecified atom stereocenters. The van der Waals surface area contributed by atoms with E-state index in [4.69, 9.17) is 19.3 Å². The number of likely N-dealkylation sites (N-methyl/N-ethyl adjacent to an activating group) is 1. The molecule has 1 aliphatic heterocycles. The molecule has 5 heterocycles. The maximum absolute atomic E-state index is 6.23. The summed E-state index contributed by atoms with van der Waals surface area (Å²) in [4.78, 5) is 9.72. The standard InChI is InChI=1S/C26H28N8O2/c1-18-16-23(31-36-18)25-29-28-24-21-8-3-4-9-22(21)26(30-34(24)25)35-17-20-7-5-6-19(27-20)10-11-33-14-12-32(2)13-15-33/h3-9,16H,10-15,17H2,1-2H3. The summed E-state index contributed by atoms with van der Waals surface area (Å²) < 4.78 is 13.1. The molecule has 0 saturated carbocycles. The number of pyridine rings is 1. The molecule has 1 aromatic carbocycles. The lowest BCUT2D eigenvalue weighted by atomic mass is 10.2. The van der Waals surface area contributed by atoms with Crippen LogP contribution in [0.5, 0.6) is 5.88 Å². The van der Waals surface area contributed by atoms with E-state index in [1.165, 1.54) is 0 Å². The molecule has 4 aromatic heterocycles. The van der Waals surface area contributed by atoms with Crippen LogP contribution in [0.15, 0.2) is 53.1 Å². The van der Waals surface area contributed by atoms with Crippen molar-refractivity contribution in [2.45, 2.75) is 20.0 Å². The van der Waals surface area contributed by atoms with E-state index < -0.39 is 0 Å². The molecule has 1 aliphatic rings. The lowest BCUT2D eigenvalue weighted by Crippen LogP contribution is -2.45. The molecular formula is C26H28N8O2. The van der Waals surface area contributed by atoms with Crippen LogP contribution in [0, 0.1) is 6.92 Å². The fourth-order valence-corrected chi connectivity index (χ4v) is 4.53. The number of piperazine rings is 1. The lowest BCUT2D eigenvalue weighted by molar-refractivity contribution is 0.155. The molecule has 0 spiro atoms. The highest BCUT2D eigenvalue weighted by molar-refractivity contribution is 5.96. The van der Waals surface area contributed by atoms with Gasteiger partial charge in [-0.3, -0.25) is 4.98 Å². The molecule has 184 valence electrons. The van der Waals surface area contributed by atoms with Crippen molar-refractivity contribution in [2.75, 3.05) is 39.8 Å². The highest BCUT2D eigenvalue weighted by Gasteiger charge is 2.19. The maximum Gasteiger partial charge on any atom is 0.240 e. The van der Waals surface area contributed by atoms with Crippen molar-refractivity contribution >= 4 is 16.4 Å². The Morgan fingerprint density at radius 1 is 0.944 bits per heavy atom. The molecule has 0 N–H and O–H groups in total. The molecule has 0 bridgehead atoms. The number of aryl methyl sites for hydroxylation is 1. The number of hydrogen-bond acceptors (Lipinski definition) is 9. The maximum atomic E-state index is 6.23. The molecule has 1 saturated heterocycles. The average molecular weight is 485 g/mol. The van der Waals surface area contributed by atoms with Crippen molar-refractivity contribution in [3.8, 4) is 17.4 Å². The normalized spacial score (nSPS) is 15.2. The van der Waals surface area contributed by atoms with Crippen molar-refractivity contribution in [3.63, 3.8) is 0 Å². The summed E-state index contributed by atoms with van der Waals surface area (Å²) >= 11 is 0. The molecule has 0 atom stereocenters. The highest BCUT2D eigenvalue weighted by atomic mass is 16.5. The number of fused-ring (bicyclic) bond motifs is 3. The van der Waals surface area contributed by atoms with Gasteiger partial charge in [0, 0.05) is 61.7 Å². The van der Waals surface area contributed by atoms with Crippen molar-refractivity contribution in [3.05, 3.63) is 65.7 Å². The van der Waals surface area contributed by atoms with Gasteiger partial charge in [-0.05, 0) is 32.2 Å². The minimum absolute atomic E-state index is 0.311. The Kier molecular flexibility index (Phi) is 6.04. The number of ether oxygens (including phenoxy) is 1. The summed E-state index contributed by atoms with van der Waals surface area (Å²) in [5.41, 5.74) is 3.15. The predicted molar refractivity (Wildman–Crippen MR) is 135 cm³/mol. The van der Waals surface area contributed by atoms with Gasteiger partial charge in [-0.2, -0.15) is 4.52 Å². The number of aromatic nitrogens is 6. The molecule has 6 rings (SSSR count). The Labute approximate surface area is 208 Å². The van der Waals surface area contributed by atoms with E-state index in [1.807, 2.05) is 49.4 Å². The Balaban J connectivity index is 1.23. The summed E-state index contributed by atoms with van der Waals surface area (Å²) in [6, 6.07) is 15.8. The van der Waals surface area contributed by atoms with Crippen LogP contribution in [0.1, 0.15) is 17.1 Å². The average Bonchev–Trinajstić information content (AvgIpc) is 3.53. The monoisotopic (exact) mass is 484 g/mol. The van der Waals surface area contributed by atoms with Crippen molar-refractivity contribution in [2.24, 2.45) is 0 Å². The minimum Gasteiger partial charge on any atom is -0.470 e. The topological polar surface area (TPSA) is 97.7 Å². The number of benzene rings is 1. The zero-order valence-corrected chi connectivity index (χ0v) is 20.5. The molecule has 5 aromatic rings. The molecule has 10 nitrogen and oxygen atoms in total. The van der Waals surface area contributed by atoms with Crippen LogP contribution >= 0.6 is 0 Å². The summed E-state index contributed by atoms with van der Waals surface area (Å²) in [6.07, 6.45) is 0.922. The SMILES string of the molecule is Cc1cc(-c2nnc3c4ccccc4c(OCc4cccc(CCN5CCN(C)CC5)n4)nn23)no1. The Morgan fingerprint density at radius 2 is 1.75 bits per heavy atom. The summed E-state index contributed by atoms with van der Waals surface area (Å²) in [7, 11) is 2.18. The predicted octanol–water partition coefficient (Wildman–Crippen LogP) is 3.00. The Bertz CT molecular complexity index is 1500. The third kappa shape index (κ3) is 4.52. The van der Waals surface area contributed by atoms with Crippen LogP contribution in [0.3, 0.4) is 0 Å². The van der Waals surface area contributed by atoms with Crippen LogP contribution < -0.4 is 4.74 Å². The molecule has 0 amide bonds. The van der Waals surface area contributed by atoms with Gasteiger partial charge >= 0.3 is 0 Å². The lowest BCUT2D eigenvalue weighted by Gasteiger charge is -2.32.